The number of carbonyl (C=O) groups excluding carboxylic acids is 2. The maximum Gasteiger partial charge on any atom is 0.234 e. The molecule has 4 rings (SSSR count). The first kappa shape index (κ1) is 13.5. The molecule has 5 nitrogen and oxygen atoms in total. The molecule has 1 aromatic carbocycles. The molecule has 4 atom stereocenters. The summed E-state index contributed by atoms with van der Waals surface area (Å²) in [6.07, 6.45) is 3.98. The first-order chi connectivity index (χ1) is 10.6. The van der Waals surface area contributed by atoms with Crippen molar-refractivity contribution in [2.75, 3.05) is 11.4 Å². The second kappa shape index (κ2) is 4.43. The van der Waals surface area contributed by atoms with Crippen molar-refractivity contribution < 1.29 is 19.4 Å². The van der Waals surface area contributed by atoms with Gasteiger partial charge in [-0.2, -0.15) is 0 Å². The van der Waals surface area contributed by atoms with Crippen LogP contribution in [-0.2, 0) is 20.7 Å². The van der Waals surface area contributed by atoms with Crippen LogP contribution in [0.2, 0.25) is 0 Å². The smallest absolute Gasteiger partial charge is 0.234 e. The second-order valence-electron chi connectivity index (χ2n) is 6.16. The maximum absolute atomic E-state index is 12.8. The zero-order valence-electron chi connectivity index (χ0n) is 12.2. The number of anilines is 1. The van der Waals surface area contributed by atoms with Crippen molar-refractivity contribution in [3.8, 4) is 0 Å². The van der Waals surface area contributed by atoms with Gasteiger partial charge in [-0.25, -0.2) is 0 Å². The number of carboxylic acids is 1. The zero-order chi connectivity index (χ0) is 15.5. The summed E-state index contributed by atoms with van der Waals surface area (Å²) in [5.74, 6) is -2.97. The van der Waals surface area contributed by atoms with Crippen molar-refractivity contribution in [2.24, 2.45) is 11.8 Å². The minimum absolute atomic E-state index is 0.190. The SMILES string of the molecule is CCc1ccc(N2C[C@]34C=C[C@H](O3)[C@@H](C(=O)[O-])[C@@H]4C2=O)cc1. The third kappa shape index (κ3) is 1.63. The van der Waals surface area contributed by atoms with Gasteiger partial charge < -0.3 is 19.5 Å². The number of aliphatic carboxylic acids is 1. The molecule has 22 heavy (non-hydrogen) atoms. The van der Waals surface area contributed by atoms with Gasteiger partial charge in [0.15, 0.2) is 0 Å². The van der Waals surface area contributed by atoms with Gasteiger partial charge in [0, 0.05) is 17.6 Å². The molecule has 0 aliphatic carbocycles. The summed E-state index contributed by atoms with van der Waals surface area (Å²) in [5, 5.41) is 11.4. The summed E-state index contributed by atoms with van der Waals surface area (Å²) in [4.78, 5) is 25.8. The molecular formula is C17H16NO4-. The summed E-state index contributed by atoms with van der Waals surface area (Å²) in [6.45, 7) is 2.43. The number of ether oxygens (including phenoxy) is 1. The molecule has 2 bridgehead atoms. The summed E-state index contributed by atoms with van der Waals surface area (Å²) in [7, 11) is 0. The van der Waals surface area contributed by atoms with Gasteiger partial charge in [0.1, 0.15) is 5.60 Å². The molecule has 2 saturated heterocycles. The molecule has 0 saturated carbocycles. The largest absolute Gasteiger partial charge is 0.550 e. The van der Waals surface area contributed by atoms with Crippen molar-refractivity contribution >= 4 is 17.6 Å². The molecule has 0 unspecified atom stereocenters. The van der Waals surface area contributed by atoms with E-state index in [1.807, 2.05) is 30.3 Å². The molecule has 0 aromatic heterocycles. The van der Waals surface area contributed by atoms with Crippen molar-refractivity contribution in [1.29, 1.82) is 0 Å². The molecule has 5 heteroatoms. The highest BCUT2D eigenvalue weighted by Gasteiger charge is 2.65. The zero-order valence-corrected chi connectivity index (χ0v) is 12.2. The fourth-order valence-corrected chi connectivity index (χ4v) is 3.90. The number of rotatable bonds is 3. The van der Waals surface area contributed by atoms with Crippen molar-refractivity contribution in [3.05, 3.63) is 42.0 Å². The summed E-state index contributed by atoms with van der Waals surface area (Å²) < 4.78 is 5.83. The molecule has 1 amide bonds. The minimum atomic E-state index is -1.21. The number of amides is 1. The maximum atomic E-state index is 12.8. The third-order valence-corrected chi connectivity index (χ3v) is 5.03. The predicted octanol–water partition coefficient (Wildman–Crippen LogP) is 0.285. The Morgan fingerprint density at radius 3 is 2.77 bits per heavy atom. The molecule has 1 aromatic rings. The molecule has 0 N–H and O–H groups in total. The van der Waals surface area contributed by atoms with Crippen molar-refractivity contribution in [1.82, 2.24) is 0 Å². The van der Waals surface area contributed by atoms with E-state index in [0.717, 1.165) is 12.1 Å². The van der Waals surface area contributed by atoms with Gasteiger partial charge in [-0.05, 0) is 24.1 Å². The van der Waals surface area contributed by atoms with E-state index in [2.05, 4.69) is 6.92 Å². The number of carboxylic acid groups (broad SMARTS) is 1. The fourth-order valence-electron chi connectivity index (χ4n) is 3.90. The second-order valence-corrected chi connectivity index (χ2v) is 6.16. The van der Waals surface area contributed by atoms with Crippen LogP contribution in [0.5, 0.6) is 0 Å². The Hall–Kier alpha value is -2.14. The van der Waals surface area contributed by atoms with Crippen LogP contribution in [0.15, 0.2) is 36.4 Å². The summed E-state index contributed by atoms with van der Waals surface area (Å²) >= 11 is 0. The monoisotopic (exact) mass is 298 g/mol. The van der Waals surface area contributed by atoms with E-state index >= 15 is 0 Å². The Morgan fingerprint density at radius 2 is 2.14 bits per heavy atom. The van der Waals surface area contributed by atoms with Crippen LogP contribution < -0.4 is 10.0 Å². The Morgan fingerprint density at radius 1 is 1.41 bits per heavy atom. The number of hydrogen-bond acceptors (Lipinski definition) is 4. The van der Waals surface area contributed by atoms with Gasteiger partial charge in [0.2, 0.25) is 5.91 Å². The van der Waals surface area contributed by atoms with Crippen LogP contribution in [-0.4, -0.2) is 30.1 Å². The Kier molecular flexibility index (Phi) is 2.72. The molecule has 3 heterocycles. The van der Waals surface area contributed by atoms with Gasteiger partial charge in [-0.15, -0.1) is 0 Å². The van der Waals surface area contributed by atoms with Crippen LogP contribution in [0.4, 0.5) is 5.69 Å². The van der Waals surface area contributed by atoms with Crippen molar-refractivity contribution in [2.45, 2.75) is 25.0 Å². The lowest BCUT2D eigenvalue weighted by Gasteiger charge is -2.24. The van der Waals surface area contributed by atoms with Crippen LogP contribution in [0, 0.1) is 11.8 Å². The van der Waals surface area contributed by atoms with E-state index < -0.39 is 29.5 Å². The highest BCUT2D eigenvalue weighted by molar-refractivity contribution is 6.02. The quantitative estimate of drug-likeness (QED) is 0.752. The lowest BCUT2D eigenvalue weighted by Crippen LogP contribution is -2.45. The first-order valence-corrected chi connectivity index (χ1v) is 7.54. The van der Waals surface area contributed by atoms with E-state index in [0.29, 0.717) is 6.54 Å². The van der Waals surface area contributed by atoms with Gasteiger partial charge in [-0.1, -0.05) is 31.2 Å². The highest BCUT2D eigenvalue weighted by Crippen LogP contribution is 2.52. The Balaban J connectivity index is 1.70. The number of aryl methyl sites for hydroxylation is 1. The third-order valence-electron chi connectivity index (χ3n) is 5.03. The van der Waals surface area contributed by atoms with Gasteiger partial charge in [-0.3, -0.25) is 4.79 Å². The molecule has 114 valence electrons. The van der Waals surface area contributed by atoms with Gasteiger partial charge in [0.25, 0.3) is 0 Å². The van der Waals surface area contributed by atoms with Crippen LogP contribution >= 0.6 is 0 Å². The topological polar surface area (TPSA) is 69.7 Å². The van der Waals surface area contributed by atoms with E-state index in [-0.39, 0.29) is 5.91 Å². The fraction of sp³-hybridized carbons (Fsp3) is 0.412. The summed E-state index contributed by atoms with van der Waals surface area (Å²) in [6, 6.07) is 7.77. The first-order valence-electron chi connectivity index (χ1n) is 7.54. The van der Waals surface area contributed by atoms with Crippen LogP contribution in [0.3, 0.4) is 0 Å². The minimum Gasteiger partial charge on any atom is -0.550 e. The van der Waals surface area contributed by atoms with Gasteiger partial charge in [0.05, 0.1) is 18.6 Å². The number of carbonyl (C=O) groups is 2. The average molecular weight is 298 g/mol. The molecule has 3 aliphatic rings. The predicted molar refractivity (Wildman–Crippen MR) is 76.9 cm³/mol. The number of fused-ring (bicyclic) bond motifs is 1. The molecule has 1 spiro atoms. The van der Waals surface area contributed by atoms with E-state index in [1.54, 1.807) is 11.0 Å². The van der Waals surface area contributed by atoms with Crippen LogP contribution in [0.1, 0.15) is 12.5 Å². The number of benzene rings is 1. The number of hydrogen-bond donors (Lipinski definition) is 0. The molecule has 2 fully saturated rings. The lowest BCUT2D eigenvalue weighted by molar-refractivity contribution is -0.313. The normalized spacial score (nSPS) is 35.2. The van der Waals surface area contributed by atoms with Gasteiger partial charge >= 0.3 is 0 Å². The average Bonchev–Trinajstić information content (AvgIpc) is 3.15. The molecule has 3 aliphatic heterocycles. The molecular weight excluding hydrogens is 282 g/mol. The lowest BCUT2D eigenvalue weighted by atomic mass is 9.77. The van der Waals surface area contributed by atoms with E-state index in [4.69, 9.17) is 4.74 Å². The number of nitrogens with zero attached hydrogens (tertiary/aromatic N) is 1. The van der Waals surface area contributed by atoms with Crippen molar-refractivity contribution in [3.63, 3.8) is 0 Å². The van der Waals surface area contributed by atoms with E-state index in [1.165, 1.54) is 5.56 Å². The summed E-state index contributed by atoms with van der Waals surface area (Å²) in [5.41, 5.74) is 1.16. The Labute approximate surface area is 128 Å². The molecule has 0 radical (unpaired) electrons. The van der Waals surface area contributed by atoms with Crippen LogP contribution in [0.25, 0.3) is 0 Å². The Bertz CT molecular complexity index is 680. The van der Waals surface area contributed by atoms with E-state index in [9.17, 15) is 14.7 Å². The highest BCUT2D eigenvalue weighted by atomic mass is 16.5. The standard InChI is InChI=1S/C17H17NO4/c1-2-10-3-5-11(6-4-10)18-9-17-8-7-12(22-17)13(16(20)21)14(17)15(18)19/h3-8,12-14H,2,9H2,1H3,(H,20,21)/p-1/t12-,13+,14+,17-/m0/s1.